The van der Waals surface area contributed by atoms with Crippen LogP contribution in [-0.4, -0.2) is 31.1 Å². The van der Waals surface area contributed by atoms with Gasteiger partial charge in [0.1, 0.15) is 0 Å². The molecule has 2 heteroatoms. The summed E-state index contributed by atoms with van der Waals surface area (Å²) >= 11 is 0. The molecular weight excluding hydrogens is 232 g/mol. The van der Waals surface area contributed by atoms with Crippen LogP contribution in [0.2, 0.25) is 0 Å². The summed E-state index contributed by atoms with van der Waals surface area (Å²) in [6.45, 7) is 9.99. The van der Waals surface area contributed by atoms with E-state index in [-0.39, 0.29) is 5.54 Å². The molecule has 0 aromatic heterocycles. The van der Waals surface area contributed by atoms with Crippen LogP contribution in [0.25, 0.3) is 0 Å². The lowest BCUT2D eigenvalue weighted by Gasteiger charge is -2.41. The van der Waals surface area contributed by atoms with E-state index in [2.05, 4.69) is 76.3 Å². The third-order valence-electron chi connectivity index (χ3n) is 4.09. The minimum absolute atomic E-state index is 0.0842. The van der Waals surface area contributed by atoms with Gasteiger partial charge in [0, 0.05) is 5.54 Å². The number of hydrogen-bond acceptors (Lipinski definition) is 2. The summed E-state index contributed by atoms with van der Waals surface area (Å²) in [7, 11) is 4.31. The Balaban J connectivity index is 3.08. The summed E-state index contributed by atoms with van der Waals surface area (Å²) < 4.78 is 0. The molecule has 0 aliphatic carbocycles. The van der Waals surface area contributed by atoms with Crippen LogP contribution >= 0.6 is 0 Å². The summed E-state index contributed by atoms with van der Waals surface area (Å²) in [6.07, 6.45) is 2.36. The zero-order chi connectivity index (χ0) is 14.5. The Morgan fingerprint density at radius 1 is 1.21 bits per heavy atom. The van der Waals surface area contributed by atoms with Gasteiger partial charge in [-0.15, -0.1) is 0 Å². The summed E-state index contributed by atoms with van der Waals surface area (Å²) in [5, 5.41) is 3.65. The molecule has 1 N–H and O–H groups in total. The van der Waals surface area contributed by atoms with Crippen LogP contribution in [0.5, 0.6) is 0 Å². The number of nitrogens with zero attached hydrogens (tertiary/aromatic N) is 1. The van der Waals surface area contributed by atoms with Gasteiger partial charge in [-0.25, -0.2) is 0 Å². The van der Waals surface area contributed by atoms with Gasteiger partial charge in [0.25, 0.3) is 0 Å². The molecule has 1 aromatic rings. The van der Waals surface area contributed by atoms with E-state index in [0.717, 1.165) is 13.0 Å². The molecule has 2 nitrogen and oxygen atoms in total. The molecule has 1 rings (SSSR count). The number of nitrogens with one attached hydrogen (secondary N) is 1. The van der Waals surface area contributed by atoms with Crippen LogP contribution in [0.1, 0.15) is 51.3 Å². The number of aryl methyl sites for hydroxylation is 1. The predicted octanol–water partition coefficient (Wildman–Crippen LogP) is 3.63. The van der Waals surface area contributed by atoms with Crippen molar-refractivity contribution in [3.8, 4) is 0 Å². The number of likely N-dealkylation sites (N-methyl/N-ethyl adjacent to an activating group) is 2. The third kappa shape index (κ3) is 4.05. The van der Waals surface area contributed by atoms with Crippen LogP contribution in [0, 0.1) is 0 Å². The van der Waals surface area contributed by atoms with E-state index in [9.17, 15) is 0 Å². The predicted molar refractivity (Wildman–Crippen MR) is 84.6 cm³/mol. The maximum Gasteiger partial charge on any atom is 0.0501 e. The molecule has 1 aromatic carbocycles. The van der Waals surface area contributed by atoms with Crippen molar-refractivity contribution in [1.82, 2.24) is 10.2 Å². The molecule has 0 saturated carbocycles. The lowest BCUT2D eigenvalue weighted by molar-refractivity contribution is 0.139. The van der Waals surface area contributed by atoms with E-state index < -0.39 is 0 Å². The van der Waals surface area contributed by atoms with Crippen LogP contribution in [-0.2, 0) is 6.42 Å². The average Bonchev–Trinajstić information content (AvgIpc) is 2.36. The Morgan fingerprint density at radius 2 is 1.89 bits per heavy atom. The molecule has 0 aliphatic heterocycles. The van der Waals surface area contributed by atoms with Crippen molar-refractivity contribution < 1.29 is 0 Å². The molecule has 0 heterocycles. The van der Waals surface area contributed by atoms with Gasteiger partial charge in [-0.3, -0.25) is 0 Å². The minimum atomic E-state index is 0.0842. The lowest BCUT2D eigenvalue weighted by atomic mass is 9.86. The second-order valence-electron chi connectivity index (χ2n) is 6.03. The molecule has 0 saturated heterocycles. The Bertz CT molecular complexity index is 383. The monoisotopic (exact) mass is 262 g/mol. The van der Waals surface area contributed by atoms with Crippen molar-refractivity contribution in [3.63, 3.8) is 0 Å². The smallest absolute Gasteiger partial charge is 0.0501 e. The zero-order valence-electron chi connectivity index (χ0n) is 13.5. The Kier molecular flexibility index (Phi) is 6.02. The normalized spacial score (nSPS) is 13.8. The first kappa shape index (κ1) is 16.2. The van der Waals surface area contributed by atoms with Gasteiger partial charge in [0.15, 0.2) is 0 Å². The summed E-state index contributed by atoms with van der Waals surface area (Å²) in [4.78, 5) is 2.30. The highest BCUT2D eigenvalue weighted by Gasteiger charge is 2.32. The first-order chi connectivity index (χ1) is 8.93. The van der Waals surface area contributed by atoms with Crippen LogP contribution in [0.3, 0.4) is 0 Å². The van der Waals surface area contributed by atoms with E-state index in [1.54, 1.807) is 0 Å². The van der Waals surface area contributed by atoms with E-state index in [1.165, 1.54) is 17.5 Å². The fraction of sp³-hybridized carbons (Fsp3) is 0.647. The molecule has 0 amide bonds. The van der Waals surface area contributed by atoms with Gasteiger partial charge in [0.2, 0.25) is 0 Å². The summed E-state index contributed by atoms with van der Waals surface area (Å²) in [5.74, 6) is 0. The average molecular weight is 262 g/mol. The molecule has 108 valence electrons. The maximum atomic E-state index is 3.65. The Hall–Kier alpha value is -0.860. The Morgan fingerprint density at radius 3 is 2.42 bits per heavy atom. The van der Waals surface area contributed by atoms with Gasteiger partial charge in [-0.2, -0.15) is 0 Å². The highest BCUT2D eigenvalue weighted by molar-refractivity contribution is 5.28. The van der Waals surface area contributed by atoms with Crippen molar-refractivity contribution in [2.75, 3.05) is 20.6 Å². The SMILES string of the molecule is CCCc1cccc(C(NCC)C(C)(C)N(C)C)c1. The molecule has 0 aliphatic rings. The highest BCUT2D eigenvalue weighted by Crippen LogP contribution is 2.30. The van der Waals surface area contributed by atoms with Crippen LogP contribution in [0.4, 0.5) is 0 Å². The standard InChI is InChI=1S/C17H30N2/c1-7-10-14-11-9-12-15(13-14)16(18-8-2)17(3,4)19(5)6/h9,11-13,16,18H,7-8,10H2,1-6H3. The van der Waals surface area contributed by atoms with Crippen LogP contribution < -0.4 is 5.32 Å². The van der Waals surface area contributed by atoms with Crippen molar-refractivity contribution in [2.24, 2.45) is 0 Å². The second-order valence-corrected chi connectivity index (χ2v) is 6.03. The molecule has 1 unspecified atom stereocenters. The molecule has 0 radical (unpaired) electrons. The molecule has 1 atom stereocenters. The largest absolute Gasteiger partial charge is 0.309 e. The van der Waals surface area contributed by atoms with Gasteiger partial charge < -0.3 is 10.2 Å². The lowest BCUT2D eigenvalue weighted by Crippen LogP contribution is -2.49. The Labute approximate surface area is 119 Å². The van der Waals surface area contributed by atoms with Gasteiger partial charge in [0.05, 0.1) is 6.04 Å². The second kappa shape index (κ2) is 7.06. The van der Waals surface area contributed by atoms with Crippen molar-refractivity contribution >= 4 is 0 Å². The summed E-state index contributed by atoms with van der Waals surface area (Å²) in [5.41, 5.74) is 2.92. The van der Waals surface area contributed by atoms with Crippen LogP contribution in [0.15, 0.2) is 24.3 Å². The maximum absolute atomic E-state index is 3.65. The molecule has 0 spiro atoms. The minimum Gasteiger partial charge on any atom is -0.309 e. The zero-order valence-corrected chi connectivity index (χ0v) is 13.5. The highest BCUT2D eigenvalue weighted by atomic mass is 15.2. The van der Waals surface area contributed by atoms with Gasteiger partial charge in [-0.05, 0) is 52.0 Å². The number of benzene rings is 1. The number of hydrogen-bond donors (Lipinski definition) is 1. The topological polar surface area (TPSA) is 15.3 Å². The van der Waals surface area contributed by atoms with Gasteiger partial charge in [-0.1, -0.05) is 44.5 Å². The molecule has 0 bridgehead atoms. The molecular formula is C17H30N2. The van der Waals surface area contributed by atoms with E-state index in [0.29, 0.717) is 6.04 Å². The quantitative estimate of drug-likeness (QED) is 0.807. The van der Waals surface area contributed by atoms with Crippen molar-refractivity contribution in [2.45, 2.75) is 52.1 Å². The van der Waals surface area contributed by atoms with E-state index >= 15 is 0 Å². The van der Waals surface area contributed by atoms with E-state index in [1.807, 2.05) is 0 Å². The third-order valence-corrected chi connectivity index (χ3v) is 4.09. The first-order valence-electron chi connectivity index (χ1n) is 7.43. The van der Waals surface area contributed by atoms with E-state index in [4.69, 9.17) is 0 Å². The number of rotatable bonds is 7. The fourth-order valence-corrected chi connectivity index (χ4v) is 2.45. The summed E-state index contributed by atoms with van der Waals surface area (Å²) in [6, 6.07) is 9.39. The van der Waals surface area contributed by atoms with Gasteiger partial charge >= 0.3 is 0 Å². The molecule has 19 heavy (non-hydrogen) atoms. The van der Waals surface area contributed by atoms with Crippen molar-refractivity contribution in [3.05, 3.63) is 35.4 Å². The fourth-order valence-electron chi connectivity index (χ4n) is 2.45. The molecule has 0 fully saturated rings. The first-order valence-corrected chi connectivity index (χ1v) is 7.43. The van der Waals surface area contributed by atoms with Crippen molar-refractivity contribution in [1.29, 1.82) is 0 Å².